The lowest BCUT2D eigenvalue weighted by molar-refractivity contribution is -0.119. The number of nitrogens with two attached hydrogens (primary N) is 1. The molecule has 114 valence electrons. The molecular weight excluding hydrogens is 268 g/mol. The molecular formula is C15H22N4O2. The molecule has 2 rings (SSSR count). The minimum Gasteiger partial charge on any atom is -0.336 e. The lowest BCUT2D eigenvalue weighted by Crippen LogP contribution is -2.45. The molecule has 0 radical (unpaired) electrons. The maximum absolute atomic E-state index is 12.1. The van der Waals surface area contributed by atoms with Gasteiger partial charge in [0.25, 0.3) is 0 Å². The number of nitrogens with zero attached hydrogens (tertiary/aromatic N) is 1. The quantitative estimate of drug-likeness (QED) is 0.789. The van der Waals surface area contributed by atoms with Gasteiger partial charge in [-0.2, -0.15) is 0 Å². The third-order valence-electron chi connectivity index (χ3n) is 3.50. The summed E-state index contributed by atoms with van der Waals surface area (Å²) < 4.78 is 0. The van der Waals surface area contributed by atoms with E-state index in [1.54, 1.807) is 23.1 Å². The average Bonchev–Trinajstić information content (AvgIpc) is 2.83. The number of carbonyl (C=O) groups is 2. The molecule has 0 spiro atoms. The Labute approximate surface area is 124 Å². The highest BCUT2D eigenvalue weighted by molar-refractivity contribution is 5.97. The van der Waals surface area contributed by atoms with Crippen molar-refractivity contribution in [2.75, 3.05) is 23.3 Å². The van der Waals surface area contributed by atoms with E-state index >= 15 is 0 Å². The number of nitrogens with one attached hydrogen (secondary N) is 2. The summed E-state index contributed by atoms with van der Waals surface area (Å²) in [6.07, 6.45) is 0. The van der Waals surface area contributed by atoms with Crippen LogP contribution < -0.4 is 21.3 Å². The van der Waals surface area contributed by atoms with Gasteiger partial charge in [0.1, 0.15) is 0 Å². The summed E-state index contributed by atoms with van der Waals surface area (Å²) in [5, 5.41) is 5.55. The second-order valence-corrected chi connectivity index (χ2v) is 6.27. The van der Waals surface area contributed by atoms with Crippen molar-refractivity contribution in [3.05, 3.63) is 24.3 Å². The first-order valence-electron chi connectivity index (χ1n) is 7.01. The molecule has 3 amide bonds. The highest BCUT2D eigenvalue weighted by Gasteiger charge is 2.27. The first kappa shape index (κ1) is 15.3. The first-order chi connectivity index (χ1) is 9.79. The summed E-state index contributed by atoms with van der Waals surface area (Å²) in [6.45, 7) is 7.01. The van der Waals surface area contributed by atoms with Crippen molar-refractivity contribution >= 4 is 23.3 Å². The third-order valence-corrected chi connectivity index (χ3v) is 3.50. The molecule has 1 aliphatic rings. The van der Waals surface area contributed by atoms with Gasteiger partial charge in [-0.3, -0.25) is 9.69 Å². The number of hydrogen-bond donors (Lipinski definition) is 3. The van der Waals surface area contributed by atoms with E-state index < -0.39 is 6.04 Å². The Morgan fingerprint density at radius 1 is 1.43 bits per heavy atom. The molecule has 6 nitrogen and oxygen atoms in total. The van der Waals surface area contributed by atoms with E-state index in [1.165, 1.54) is 0 Å². The van der Waals surface area contributed by atoms with Crippen molar-refractivity contribution in [2.24, 2.45) is 11.1 Å². The molecule has 1 atom stereocenters. The van der Waals surface area contributed by atoms with Crippen LogP contribution in [0.4, 0.5) is 16.2 Å². The molecule has 1 aromatic carbocycles. The first-order valence-corrected chi connectivity index (χ1v) is 7.01. The Morgan fingerprint density at radius 2 is 2.14 bits per heavy atom. The van der Waals surface area contributed by atoms with Crippen LogP contribution in [-0.2, 0) is 4.79 Å². The summed E-state index contributed by atoms with van der Waals surface area (Å²) in [5.41, 5.74) is 7.02. The van der Waals surface area contributed by atoms with E-state index in [0.717, 1.165) is 5.69 Å². The molecule has 1 heterocycles. The van der Waals surface area contributed by atoms with E-state index in [-0.39, 0.29) is 17.4 Å². The fourth-order valence-electron chi connectivity index (χ4n) is 2.08. The van der Waals surface area contributed by atoms with Crippen molar-refractivity contribution in [1.82, 2.24) is 5.32 Å². The van der Waals surface area contributed by atoms with Crippen LogP contribution in [0.2, 0.25) is 0 Å². The van der Waals surface area contributed by atoms with Gasteiger partial charge in [-0.05, 0) is 23.6 Å². The highest BCUT2D eigenvalue weighted by atomic mass is 16.2. The zero-order valence-electron chi connectivity index (χ0n) is 12.6. The molecule has 1 fully saturated rings. The Hall–Kier alpha value is -2.08. The van der Waals surface area contributed by atoms with Gasteiger partial charge in [0.05, 0.1) is 6.04 Å². The van der Waals surface area contributed by atoms with Crippen molar-refractivity contribution in [3.63, 3.8) is 0 Å². The second-order valence-electron chi connectivity index (χ2n) is 6.27. The van der Waals surface area contributed by atoms with Gasteiger partial charge in [0.2, 0.25) is 5.91 Å². The van der Waals surface area contributed by atoms with E-state index in [9.17, 15) is 9.59 Å². The number of amides is 3. The lowest BCUT2D eigenvalue weighted by atomic mass is 9.87. The van der Waals surface area contributed by atoms with Crippen molar-refractivity contribution in [3.8, 4) is 0 Å². The summed E-state index contributed by atoms with van der Waals surface area (Å²) in [5.74, 6) is -0.231. The molecule has 0 aliphatic carbocycles. The number of rotatable bonds is 3. The van der Waals surface area contributed by atoms with E-state index in [2.05, 4.69) is 10.6 Å². The number of benzene rings is 1. The van der Waals surface area contributed by atoms with Gasteiger partial charge < -0.3 is 16.4 Å². The Kier molecular flexibility index (Phi) is 4.18. The van der Waals surface area contributed by atoms with Crippen LogP contribution in [0.1, 0.15) is 20.8 Å². The largest absolute Gasteiger partial charge is 0.336 e. The SMILES string of the molecule is CC(C)(C)C(N)C(=O)Nc1cccc(N2CCNC2=O)c1. The number of hydrogen-bond acceptors (Lipinski definition) is 3. The van der Waals surface area contributed by atoms with Crippen LogP contribution in [0.25, 0.3) is 0 Å². The zero-order chi connectivity index (χ0) is 15.6. The molecule has 1 aliphatic heterocycles. The smallest absolute Gasteiger partial charge is 0.321 e. The predicted octanol–water partition coefficient (Wildman–Crippen LogP) is 1.53. The topological polar surface area (TPSA) is 87.5 Å². The molecule has 1 saturated heterocycles. The molecule has 0 bridgehead atoms. The van der Waals surface area contributed by atoms with Crippen molar-refractivity contribution < 1.29 is 9.59 Å². The van der Waals surface area contributed by atoms with Crippen LogP contribution in [0.3, 0.4) is 0 Å². The summed E-state index contributed by atoms with van der Waals surface area (Å²) in [6, 6.07) is 6.48. The summed E-state index contributed by atoms with van der Waals surface area (Å²) in [4.78, 5) is 25.4. The second kappa shape index (κ2) is 5.73. The molecule has 0 aromatic heterocycles. The van der Waals surface area contributed by atoms with E-state index in [1.807, 2.05) is 26.8 Å². The van der Waals surface area contributed by atoms with Gasteiger partial charge in [0, 0.05) is 24.5 Å². The summed E-state index contributed by atoms with van der Waals surface area (Å²) in [7, 11) is 0. The van der Waals surface area contributed by atoms with Gasteiger partial charge >= 0.3 is 6.03 Å². The standard InChI is InChI=1S/C15H22N4O2/c1-15(2,3)12(16)13(20)18-10-5-4-6-11(9-10)19-8-7-17-14(19)21/h4-6,9,12H,7-8,16H2,1-3H3,(H,17,21)(H,18,20). The highest BCUT2D eigenvalue weighted by Crippen LogP contribution is 2.23. The fourth-order valence-corrected chi connectivity index (χ4v) is 2.08. The fraction of sp³-hybridized carbons (Fsp3) is 0.467. The summed E-state index contributed by atoms with van der Waals surface area (Å²) >= 11 is 0. The molecule has 4 N–H and O–H groups in total. The molecule has 0 saturated carbocycles. The molecule has 1 aromatic rings. The van der Waals surface area contributed by atoms with E-state index in [0.29, 0.717) is 18.8 Å². The third kappa shape index (κ3) is 3.52. The number of anilines is 2. The van der Waals surface area contributed by atoms with Gasteiger partial charge in [-0.1, -0.05) is 26.8 Å². The monoisotopic (exact) mass is 290 g/mol. The van der Waals surface area contributed by atoms with Crippen LogP contribution in [-0.4, -0.2) is 31.1 Å². The van der Waals surface area contributed by atoms with Gasteiger partial charge in [-0.15, -0.1) is 0 Å². The minimum absolute atomic E-state index is 0.120. The van der Waals surface area contributed by atoms with Crippen LogP contribution in [0, 0.1) is 5.41 Å². The number of carbonyl (C=O) groups excluding carboxylic acids is 2. The zero-order valence-corrected chi connectivity index (χ0v) is 12.6. The Morgan fingerprint density at radius 3 is 2.71 bits per heavy atom. The average molecular weight is 290 g/mol. The molecule has 1 unspecified atom stereocenters. The van der Waals surface area contributed by atoms with Gasteiger partial charge in [-0.25, -0.2) is 4.79 Å². The molecule has 6 heteroatoms. The molecule has 21 heavy (non-hydrogen) atoms. The van der Waals surface area contributed by atoms with Crippen LogP contribution in [0.5, 0.6) is 0 Å². The van der Waals surface area contributed by atoms with E-state index in [4.69, 9.17) is 5.73 Å². The Balaban J connectivity index is 2.11. The maximum atomic E-state index is 12.1. The van der Waals surface area contributed by atoms with Crippen molar-refractivity contribution in [2.45, 2.75) is 26.8 Å². The van der Waals surface area contributed by atoms with Gasteiger partial charge in [0.15, 0.2) is 0 Å². The minimum atomic E-state index is -0.601. The number of urea groups is 1. The maximum Gasteiger partial charge on any atom is 0.321 e. The van der Waals surface area contributed by atoms with Crippen molar-refractivity contribution in [1.29, 1.82) is 0 Å². The normalized spacial score (nSPS) is 16.6. The van der Waals surface area contributed by atoms with Crippen LogP contribution in [0.15, 0.2) is 24.3 Å². The lowest BCUT2D eigenvalue weighted by Gasteiger charge is -2.26. The Bertz CT molecular complexity index is 551. The predicted molar refractivity (Wildman–Crippen MR) is 83.2 cm³/mol. The van der Waals surface area contributed by atoms with Crippen LogP contribution >= 0.6 is 0 Å².